The molecule has 1 rings (SSSR count). The third-order valence-electron chi connectivity index (χ3n) is 3.10. The highest BCUT2D eigenvalue weighted by Gasteiger charge is 2.13. The zero-order valence-corrected chi connectivity index (χ0v) is 14.4. The van der Waals surface area contributed by atoms with Gasteiger partial charge in [-0.1, -0.05) is 6.42 Å². The van der Waals surface area contributed by atoms with Crippen molar-refractivity contribution in [3.05, 3.63) is 23.6 Å². The molecule has 0 amide bonds. The molecule has 0 atom stereocenters. The number of pyridine rings is 1. The van der Waals surface area contributed by atoms with E-state index in [0.717, 1.165) is 13.0 Å². The molecule has 0 fully saturated rings. The molecule has 2 N–H and O–H groups in total. The third-order valence-corrected chi connectivity index (χ3v) is 3.79. The number of rotatable bonds is 9. The van der Waals surface area contributed by atoms with Gasteiger partial charge in [-0.05, 0) is 51.7 Å². The zero-order chi connectivity index (χ0) is 15.7. The van der Waals surface area contributed by atoms with Crippen molar-refractivity contribution in [2.45, 2.75) is 52.1 Å². The summed E-state index contributed by atoms with van der Waals surface area (Å²) in [7, 11) is 0. The molecule has 0 aliphatic heterocycles. The van der Waals surface area contributed by atoms with Gasteiger partial charge in [0.15, 0.2) is 11.6 Å². The summed E-state index contributed by atoms with van der Waals surface area (Å²) in [6.07, 6.45) is 7.22. The molecule has 21 heavy (non-hydrogen) atoms. The number of nitrogens with one attached hydrogen (secondary N) is 2. The fraction of sp³-hybridized carbons (Fsp3) is 0.688. The summed E-state index contributed by atoms with van der Waals surface area (Å²) in [6, 6.07) is 1.73. The molecule has 3 nitrogen and oxygen atoms in total. The Hall–Kier alpha value is -0.810. The normalized spacial score (nSPS) is 11.7. The maximum atomic E-state index is 14.3. The van der Waals surface area contributed by atoms with E-state index < -0.39 is 0 Å². The first-order chi connectivity index (χ1) is 9.94. The van der Waals surface area contributed by atoms with Gasteiger partial charge in [-0.15, -0.1) is 0 Å². The molecule has 1 heterocycles. The van der Waals surface area contributed by atoms with Gasteiger partial charge in [0.1, 0.15) is 0 Å². The maximum absolute atomic E-state index is 14.3. The van der Waals surface area contributed by atoms with Gasteiger partial charge in [0.2, 0.25) is 0 Å². The van der Waals surface area contributed by atoms with Crippen LogP contribution in [0.3, 0.4) is 0 Å². The molecule has 0 aliphatic rings. The van der Waals surface area contributed by atoms with Crippen LogP contribution in [0, 0.1) is 5.82 Å². The maximum Gasteiger partial charge on any atom is 0.169 e. The average molecular weight is 313 g/mol. The number of nitrogens with zero attached hydrogens (tertiary/aromatic N) is 1. The van der Waals surface area contributed by atoms with Crippen LogP contribution >= 0.6 is 11.8 Å². The predicted octanol–water partition coefficient (Wildman–Crippen LogP) is 4.05. The van der Waals surface area contributed by atoms with E-state index in [9.17, 15) is 4.39 Å². The molecule has 120 valence electrons. The summed E-state index contributed by atoms with van der Waals surface area (Å²) in [6.45, 7) is 7.49. The second-order valence-corrected chi connectivity index (χ2v) is 7.20. The molecule has 0 saturated carbocycles. The first-order valence-corrected chi connectivity index (χ1v) is 8.94. The lowest BCUT2D eigenvalue weighted by Crippen LogP contribution is -2.35. The quantitative estimate of drug-likeness (QED) is 0.674. The van der Waals surface area contributed by atoms with Crippen LogP contribution in [-0.4, -0.2) is 29.1 Å². The van der Waals surface area contributed by atoms with Crippen molar-refractivity contribution in [3.63, 3.8) is 0 Å². The topological polar surface area (TPSA) is 37.0 Å². The number of hydrogen-bond donors (Lipinski definition) is 2. The van der Waals surface area contributed by atoms with Gasteiger partial charge in [-0.3, -0.25) is 0 Å². The Morgan fingerprint density at radius 2 is 2.00 bits per heavy atom. The minimum atomic E-state index is -0.238. The standard InChI is InChI=1S/C16H28FN3S/c1-16(2,3)20-12-13-8-10-19-15(14(13)17)18-9-6-5-7-11-21-4/h8,10,20H,5-7,9,11-12H2,1-4H3,(H,18,19). The highest BCUT2D eigenvalue weighted by Crippen LogP contribution is 2.16. The minimum absolute atomic E-state index is 0.0272. The Labute approximate surface area is 132 Å². The van der Waals surface area contributed by atoms with E-state index in [4.69, 9.17) is 0 Å². The van der Waals surface area contributed by atoms with Gasteiger partial charge in [-0.25, -0.2) is 9.37 Å². The summed E-state index contributed by atoms with van der Waals surface area (Å²) >= 11 is 1.87. The zero-order valence-electron chi connectivity index (χ0n) is 13.6. The van der Waals surface area contributed by atoms with Crippen molar-refractivity contribution in [2.24, 2.45) is 0 Å². The van der Waals surface area contributed by atoms with Crippen LogP contribution in [0.1, 0.15) is 45.6 Å². The lowest BCUT2D eigenvalue weighted by molar-refractivity contribution is 0.418. The van der Waals surface area contributed by atoms with Crippen molar-refractivity contribution >= 4 is 17.6 Å². The van der Waals surface area contributed by atoms with E-state index in [2.05, 4.69) is 42.6 Å². The molecule has 0 aliphatic carbocycles. The summed E-state index contributed by atoms with van der Waals surface area (Å²) in [4.78, 5) is 4.10. The van der Waals surface area contributed by atoms with Crippen LogP contribution < -0.4 is 10.6 Å². The molecule has 0 aromatic carbocycles. The van der Waals surface area contributed by atoms with E-state index in [-0.39, 0.29) is 11.4 Å². The number of hydrogen-bond acceptors (Lipinski definition) is 4. The molecule has 5 heteroatoms. The minimum Gasteiger partial charge on any atom is -0.368 e. The summed E-state index contributed by atoms with van der Waals surface area (Å²) in [5, 5.41) is 6.41. The average Bonchev–Trinajstić information content (AvgIpc) is 2.42. The van der Waals surface area contributed by atoms with Crippen molar-refractivity contribution in [2.75, 3.05) is 23.9 Å². The SMILES string of the molecule is CSCCCCCNc1nccc(CNC(C)(C)C)c1F. The lowest BCUT2D eigenvalue weighted by Gasteiger charge is -2.21. The van der Waals surface area contributed by atoms with Crippen LogP contribution in [0.4, 0.5) is 10.2 Å². The highest BCUT2D eigenvalue weighted by atomic mass is 32.2. The van der Waals surface area contributed by atoms with E-state index in [0.29, 0.717) is 17.9 Å². The van der Waals surface area contributed by atoms with Crippen LogP contribution in [0.25, 0.3) is 0 Å². The Kier molecular flexibility index (Phi) is 8.04. The fourth-order valence-electron chi connectivity index (χ4n) is 1.86. The van der Waals surface area contributed by atoms with Crippen molar-refractivity contribution in [1.29, 1.82) is 0 Å². The molecule has 1 aromatic heterocycles. The second kappa shape index (κ2) is 9.26. The van der Waals surface area contributed by atoms with Crippen LogP contribution in [0.2, 0.25) is 0 Å². The summed E-state index contributed by atoms with van der Waals surface area (Å²) in [5.74, 6) is 1.33. The van der Waals surface area contributed by atoms with Gasteiger partial charge in [0.25, 0.3) is 0 Å². The smallest absolute Gasteiger partial charge is 0.169 e. The van der Waals surface area contributed by atoms with Gasteiger partial charge in [-0.2, -0.15) is 11.8 Å². The summed E-state index contributed by atoms with van der Waals surface area (Å²) < 4.78 is 14.3. The number of halogens is 1. The predicted molar refractivity (Wildman–Crippen MR) is 91.5 cm³/mol. The monoisotopic (exact) mass is 313 g/mol. The van der Waals surface area contributed by atoms with E-state index in [1.165, 1.54) is 18.6 Å². The van der Waals surface area contributed by atoms with Crippen molar-refractivity contribution in [1.82, 2.24) is 10.3 Å². The highest BCUT2D eigenvalue weighted by molar-refractivity contribution is 7.98. The number of unbranched alkanes of at least 4 members (excludes halogenated alkanes) is 2. The third kappa shape index (κ3) is 7.67. The Morgan fingerprint density at radius 1 is 1.24 bits per heavy atom. The molecule has 0 unspecified atom stereocenters. The molecular weight excluding hydrogens is 285 g/mol. The molecule has 0 radical (unpaired) electrons. The van der Waals surface area contributed by atoms with Gasteiger partial charge in [0, 0.05) is 30.4 Å². The van der Waals surface area contributed by atoms with Gasteiger partial charge in [0.05, 0.1) is 0 Å². The second-order valence-electron chi connectivity index (χ2n) is 6.22. The Bertz CT molecular complexity index is 418. The first-order valence-electron chi connectivity index (χ1n) is 7.55. The molecular formula is C16H28FN3S. The number of aromatic nitrogens is 1. The largest absolute Gasteiger partial charge is 0.368 e. The fourth-order valence-corrected chi connectivity index (χ4v) is 2.35. The molecule has 0 saturated heterocycles. The first kappa shape index (κ1) is 18.2. The van der Waals surface area contributed by atoms with Crippen molar-refractivity contribution in [3.8, 4) is 0 Å². The van der Waals surface area contributed by atoms with Crippen LogP contribution in [0.15, 0.2) is 12.3 Å². The summed E-state index contributed by atoms with van der Waals surface area (Å²) in [5.41, 5.74) is 0.630. The Balaban J connectivity index is 2.44. The molecule has 0 spiro atoms. The van der Waals surface area contributed by atoms with E-state index >= 15 is 0 Å². The van der Waals surface area contributed by atoms with Crippen LogP contribution in [-0.2, 0) is 6.54 Å². The lowest BCUT2D eigenvalue weighted by atomic mass is 10.1. The number of thioether (sulfide) groups is 1. The Morgan fingerprint density at radius 3 is 2.67 bits per heavy atom. The number of anilines is 1. The van der Waals surface area contributed by atoms with E-state index in [1.54, 1.807) is 12.3 Å². The molecule has 0 bridgehead atoms. The van der Waals surface area contributed by atoms with E-state index in [1.807, 2.05) is 11.8 Å². The van der Waals surface area contributed by atoms with Crippen LogP contribution in [0.5, 0.6) is 0 Å². The van der Waals surface area contributed by atoms with Crippen molar-refractivity contribution < 1.29 is 4.39 Å². The van der Waals surface area contributed by atoms with Gasteiger partial charge < -0.3 is 10.6 Å². The van der Waals surface area contributed by atoms with Gasteiger partial charge >= 0.3 is 0 Å². The molecule has 1 aromatic rings.